The van der Waals surface area contributed by atoms with Crippen molar-refractivity contribution >= 4 is 11.6 Å². The van der Waals surface area contributed by atoms with E-state index < -0.39 is 11.7 Å². The van der Waals surface area contributed by atoms with Gasteiger partial charge in [-0.1, -0.05) is 6.42 Å². The predicted octanol–water partition coefficient (Wildman–Crippen LogP) is 3.04. The van der Waals surface area contributed by atoms with Crippen molar-refractivity contribution < 1.29 is 9.18 Å². The van der Waals surface area contributed by atoms with E-state index in [0.717, 1.165) is 38.1 Å². The summed E-state index contributed by atoms with van der Waals surface area (Å²) in [5.74, 6) is 0.709. The summed E-state index contributed by atoms with van der Waals surface area (Å²) < 4.78 is 18.0. The number of carbonyl (C=O) groups excluding carboxylic acids is 1. The lowest BCUT2D eigenvalue weighted by atomic mass is 10.1. The third-order valence-corrected chi connectivity index (χ3v) is 5.33. The molecule has 0 spiro atoms. The van der Waals surface area contributed by atoms with Crippen LogP contribution in [0.4, 0.5) is 10.1 Å². The minimum Gasteiger partial charge on any atom is -0.319 e. The average molecular weight is 418 g/mol. The van der Waals surface area contributed by atoms with Crippen LogP contribution >= 0.6 is 0 Å². The van der Waals surface area contributed by atoms with Crippen LogP contribution in [0.5, 0.6) is 0 Å². The second kappa shape index (κ2) is 8.05. The highest BCUT2D eigenvalue weighted by atomic mass is 19.1. The van der Waals surface area contributed by atoms with E-state index in [-0.39, 0.29) is 5.69 Å². The van der Waals surface area contributed by atoms with Crippen molar-refractivity contribution in [3.8, 4) is 17.1 Å². The number of nitrogens with zero attached hydrogens (tertiary/aromatic N) is 7. The second-order valence-electron chi connectivity index (χ2n) is 7.35. The molecule has 31 heavy (non-hydrogen) atoms. The molecule has 0 bridgehead atoms. The first-order valence-electron chi connectivity index (χ1n) is 10.1. The van der Waals surface area contributed by atoms with Crippen molar-refractivity contribution in [1.29, 1.82) is 0 Å². The molecule has 0 radical (unpaired) electrons. The molecule has 1 N–H and O–H groups in total. The molecule has 2 aromatic heterocycles. The smallest absolute Gasteiger partial charge is 0.255 e. The normalized spacial score (nSPS) is 13.5. The summed E-state index contributed by atoms with van der Waals surface area (Å²) >= 11 is 0. The molecular weight excluding hydrogens is 399 g/mol. The van der Waals surface area contributed by atoms with Crippen LogP contribution in [0, 0.1) is 5.82 Å². The molecule has 2 aromatic carbocycles. The van der Waals surface area contributed by atoms with Gasteiger partial charge in [0.15, 0.2) is 5.82 Å². The Labute approximate surface area is 176 Å². The summed E-state index contributed by atoms with van der Waals surface area (Å²) in [6.45, 7) is 0.838. The van der Waals surface area contributed by atoms with Gasteiger partial charge in [-0.2, -0.15) is 0 Å². The molecule has 0 aliphatic carbocycles. The van der Waals surface area contributed by atoms with Crippen LogP contribution in [0.15, 0.2) is 48.8 Å². The van der Waals surface area contributed by atoms with Crippen molar-refractivity contribution in [1.82, 2.24) is 35.0 Å². The van der Waals surface area contributed by atoms with Gasteiger partial charge in [0.1, 0.15) is 18.0 Å². The number of anilines is 1. The number of hydrogen-bond acceptors (Lipinski definition) is 6. The molecule has 0 fully saturated rings. The van der Waals surface area contributed by atoms with Gasteiger partial charge in [0.2, 0.25) is 0 Å². The lowest BCUT2D eigenvalue weighted by Gasteiger charge is -2.11. The zero-order valence-electron chi connectivity index (χ0n) is 16.6. The predicted molar refractivity (Wildman–Crippen MR) is 110 cm³/mol. The Morgan fingerprint density at radius 3 is 2.71 bits per heavy atom. The number of halogens is 1. The Morgan fingerprint density at radius 1 is 1.03 bits per heavy atom. The quantitative estimate of drug-likeness (QED) is 0.546. The largest absolute Gasteiger partial charge is 0.319 e. The summed E-state index contributed by atoms with van der Waals surface area (Å²) in [6, 6.07) is 11.3. The third-order valence-electron chi connectivity index (χ3n) is 5.33. The summed E-state index contributed by atoms with van der Waals surface area (Å²) in [4.78, 5) is 12.7. The summed E-state index contributed by atoms with van der Waals surface area (Å²) in [6.07, 6.45) is 5.65. The van der Waals surface area contributed by atoms with Crippen molar-refractivity contribution in [3.63, 3.8) is 0 Å². The number of benzene rings is 2. The van der Waals surface area contributed by atoms with E-state index in [1.807, 2.05) is 0 Å². The molecule has 1 aliphatic rings. The minimum absolute atomic E-state index is 0.0954. The van der Waals surface area contributed by atoms with Crippen LogP contribution in [0.3, 0.4) is 0 Å². The number of carbonyl (C=O) groups is 1. The van der Waals surface area contributed by atoms with Gasteiger partial charge in [0.05, 0.1) is 11.4 Å². The first kappa shape index (κ1) is 19.0. The summed E-state index contributed by atoms with van der Waals surface area (Å²) in [5.41, 5.74) is 1.91. The number of rotatable bonds is 4. The fourth-order valence-electron chi connectivity index (χ4n) is 3.70. The molecule has 0 unspecified atom stereocenters. The second-order valence-corrected chi connectivity index (χ2v) is 7.35. The molecular formula is C21H19FN8O. The number of nitrogens with one attached hydrogen (secondary N) is 1. The van der Waals surface area contributed by atoms with Crippen molar-refractivity contribution in [2.45, 2.75) is 32.2 Å². The molecule has 156 valence electrons. The Morgan fingerprint density at radius 2 is 1.90 bits per heavy atom. The molecule has 4 aromatic rings. The van der Waals surface area contributed by atoms with E-state index in [0.29, 0.717) is 22.6 Å². The monoisotopic (exact) mass is 418 g/mol. The minimum atomic E-state index is -0.516. The van der Waals surface area contributed by atoms with Crippen LogP contribution in [0.25, 0.3) is 17.1 Å². The van der Waals surface area contributed by atoms with Gasteiger partial charge in [0.25, 0.3) is 5.91 Å². The standard InChI is InChI=1S/C21H19FN8O/c22-17-10-7-15(20-26-25-19-4-2-1-3-11-29(19)20)12-18(17)24-21(31)14-5-8-16(9-6-14)30-13-23-27-28-30/h5-10,12-13H,1-4,11H2,(H,24,31). The molecule has 0 saturated carbocycles. The Hall–Kier alpha value is -3.95. The number of aryl methyl sites for hydroxylation is 1. The first-order valence-corrected chi connectivity index (χ1v) is 10.1. The van der Waals surface area contributed by atoms with Gasteiger partial charge in [-0.3, -0.25) is 4.79 Å². The van der Waals surface area contributed by atoms with E-state index in [1.54, 1.807) is 36.4 Å². The van der Waals surface area contributed by atoms with Gasteiger partial charge < -0.3 is 9.88 Å². The molecule has 0 atom stereocenters. The fourth-order valence-corrected chi connectivity index (χ4v) is 3.70. The lowest BCUT2D eigenvalue weighted by Crippen LogP contribution is -2.13. The molecule has 1 amide bonds. The third kappa shape index (κ3) is 3.79. The number of hydrogen-bond donors (Lipinski definition) is 1. The Balaban J connectivity index is 1.39. The van der Waals surface area contributed by atoms with Crippen molar-refractivity contribution in [3.05, 3.63) is 66.0 Å². The van der Waals surface area contributed by atoms with E-state index in [1.165, 1.54) is 17.1 Å². The molecule has 0 saturated heterocycles. The average Bonchev–Trinajstić information content (AvgIpc) is 3.41. The molecule has 10 heteroatoms. The Bertz CT molecular complexity index is 1220. The van der Waals surface area contributed by atoms with Crippen LogP contribution in [-0.4, -0.2) is 40.9 Å². The van der Waals surface area contributed by atoms with Gasteiger partial charge in [-0.25, -0.2) is 9.07 Å². The van der Waals surface area contributed by atoms with Crippen LogP contribution in [0.2, 0.25) is 0 Å². The van der Waals surface area contributed by atoms with Gasteiger partial charge in [-0.05, 0) is 65.7 Å². The molecule has 9 nitrogen and oxygen atoms in total. The van der Waals surface area contributed by atoms with E-state index in [9.17, 15) is 9.18 Å². The molecule has 1 aliphatic heterocycles. The highest BCUT2D eigenvalue weighted by molar-refractivity contribution is 6.04. The maximum atomic E-state index is 14.5. The number of amides is 1. The topological polar surface area (TPSA) is 103 Å². The highest BCUT2D eigenvalue weighted by Crippen LogP contribution is 2.27. The fraction of sp³-hybridized carbons (Fsp3) is 0.238. The van der Waals surface area contributed by atoms with Crippen LogP contribution in [-0.2, 0) is 13.0 Å². The number of aromatic nitrogens is 7. The zero-order chi connectivity index (χ0) is 21.2. The SMILES string of the molecule is O=C(Nc1cc(-c2nnc3n2CCCCC3)ccc1F)c1ccc(-n2cnnn2)cc1. The molecule has 5 rings (SSSR count). The van der Waals surface area contributed by atoms with Gasteiger partial charge in [0, 0.05) is 24.1 Å². The van der Waals surface area contributed by atoms with Gasteiger partial charge in [-0.15, -0.1) is 15.3 Å². The van der Waals surface area contributed by atoms with Crippen molar-refractivity contribution in [2.75, 3.05) is 5.32 Å². The van der Waals surface area contributed by atoms with Gasteiger partial charge >= 0.3 is 0 Å². The van der Waals surface area contributed by atoms with Crippen LogP contribution in [0.1, 0.15) is 35.4 Å². The van der Waals surface area contributed by atoms with Crippen molar-refractivity contribution in [2.24, 2.45) is 0 Å². The Kier molecular flexibility index (Phi) is 4.95. The maximum Gasteiger partial charge on any atom is 0.255 e. The number of fused-ring (bicyclic) bond motifs is 1. The lowest BCUT2D eigenvalue weighted by molar-refractivity contribution is 0.102. The van der Waals surface area contributed by atoms with E-state index >= 15 is 0 Å². The summed E-state index contributed by atoms with van der Waals surface area (Å²) in [7, 11) is 0. The molecule has 3 heterocycles. The zero-order valence-corrected chi connectivity index (χ0v) is 16.6. The first-order chi connectivity index (χ1) is 15.2. The summed E-state index contributed by atoms with van der Waals surface area (Å²) in [5, 5.41) is 22.2. The van der Waals surface area contributed by atoms with E-state index in [4.69, 9.17) is 0 Å². The van der Waals surface area contributed by atoms with Crippen LogP contribution < -0.4 is 5.32 Å². The van der Waals surface area contributed by atoms with E-state index in [2.05, 4.69) is 35.6 Å². The maximum absolute atomic E-state index is 14.5. The highest BCUT2D eigenvalue weighted by Gasteiger charge is 2.18. The number of tetrazole rings is 1.